The Labute approximate surface area is 98.3 Å². The average molecular weight is 309 g/mol. The summed E-state index contributed by atoms with van der Waals surface area (Å²) in [6.45, 7) is 6.51. The number of piperazine rings is 1. The van der Waals surface area contributed by atoms with Crippen LogP contribution < -0.4 is 0 Å². The van der Waals surface area contributed by atoms with E-state index < -0.39 is 0 Å². The number of carbonyl (C=O) groups excluding carboxylic acids is 1. The molecule has 80 valence electrons. The minimum Gasteiger partial charge on any atom is -0.331 e. The van der Waals surface area contributed by atoms with Crippen LogP contribution in [0.4, 0.5) is 4.79 Å². The lowest BCUT2D eigenvalue weighted by Gasteiger charge is -2.47. The van der Waals surface area contributed by atoms with E-state index in [-0.39, 0.29) is 3.91 Å². The zero-order chi connectivity index (χ0) is 10.1. The summed E-state index contributed by atoms with van der Waals surface area (Å²) in [5.74, 6) is 0. The summed E-state index contributed by atoms with van der Waals surface area (Å²) in [7, 11) is 2.17. The first-order chi connectivity index (χ1) is 6.66. The van der Waals surface area contributed by atoms with Crippen molar-refractivity contribution < 1.29 is 4.79 Å². The molecule has 0 saturated carbocycles. The molecule has 0 aromatic rings. The molecule has 2 aliphatic heterocycles. The van der Waals surface area contributed by atoms with Crippen molar-refractivity contribution in [2.75, 3.05) is 46.3 Å². The summed E-state index contributed by atoms with van der Waals surface area (Å²) in [4.78, 5) is 17.8. The standard InChI is InChI=1S/C9H16IN3O/c1-11-2-4-12(5-3-11)8-6-13(7-8)9(10)14/h8H,2-7H2,1H3. The highest BCUT2D eigenvalue weighted by atomic mass is 127. The highest BCUT2D eigenvalue weighted by Crippen LogP contribution is 2.18. The number of likely N-dealkylation sites (tertiary alicyclic amines) is 1. The molecule has 4 nitrogen and oxygen atoms in total. The average Bonchev–Trinajstić information content (AvgIpc) is 2.05. The maximum absolute atomic E-state index is 11.0. The Bertz CT molecular complexity index is 222. The van der Waals surface area contributed by atoms with E-state index in [4.69, 9.17) is 0 Å². The van der Waals surface area contributed by atoms with Crippen LogP contribution >= 0.6 is 22.6 Å². The van der Waals surface area contributed by atoms with E-state index in [9.17, 15) is 4.79 Å². The Morgan fingerprint density at radius 1 is 1.21 bits per heavy atom. The minimum atomic E-state index is 0.188. The summed E-state index contributed by atoms with van der Waals surface area (Å²) in [6, 6.07) is 0.627. The van der Waals surface area contributed by atoms with Gasteiger partial charge in [0.1, 0.15) is 0 Å². The molecule has 0 radical (unpaired) electrons. The van der Waals surface area contributed by atoms with Gasteiger partial charge in [0, 0.05) is 67.9 Å². The fourth-order valence-electron chi connectivity index (χ4n) is 2.02. The third kappa shape index (κ3) is 2.20. The molecule has 2 fully saturated rings. The predicted molar refractivity (Wildman–Crippen MR) is 63.8 cm³/mol. The molecule has 2 rings (SSSR count). The number of rotatable bonds is 1. The number of hydrogen-bond acceptors (Lipinski definition) is 3. The summed E-state index contributed by atoms with van der Waals surface area (Å²) in [6.07, 6.45) is 0. The van der Waals surface area contributed by atoms with Crippen molar-refractivity contribution in [3.63, 3.8) is 0 Å². The van der Waals surface area contributed by atoms with Crippen molar-refractivity contribution >= 4 is 26.5 Å². The highest BCUT2D eigenvalue weighted by molar-refractivity contribution is 14.1. The molecule has 0 atom stereocenters. The van der Waals surface area contributed by atoms with E-state index in [1.807, 2.05) is 27.5 Å². The smallest absolute Gasteiger partial charge is 0.283 e. The molecule has 14 heavy (non-hydrogen) atoms. The van der Waals surface area contributed by atoms with Crippen LogP contribution in [0.15, 0.2) is 0 Å². The van der Waals surface area contributed by atoms with Gasteiger partial charge in [-0.1, -0.05) is 0 Å². The molecule has 0 aliphatic carbocycles. The highest BCUT2D eigenvalue weighted by Gasteiger charge is 2.34. The number of carbonyl (C=O) groups is 1. The maximum Gasteiger partial charge on any atom is 0.283 e. The van der Waals surface area contributed by atoms with E-state index in [0.717, 1.165) is 39.3 Å². The third-order valence-electron chi connectivity index (χ3n) is 3.17. The van der Waals surface area contributed by atoms with Gasteiger partial charge in [0.15, 0.2) is 0 Å². The van der Waals surface area contributed by atoms with Gasteiger partial charge in [-0.15, -0.1) is 0 Å². The monoisotopic (exact) mass is 309 g/mol. The predicted octanol–water partition coefficient (Wildman–Crippen LogP) is 0.473. The fraction of sp³-hybridized carbons (Fsp3) is 0.889. The zero-order valence-corrected chi connectivity index (χ0v) is 10.6. The topological polar surface area (TPSA) is 26.8 Å². The summed E-state index contributed by atoms with van der Waals surface area (Å²) in [5, 5.41) is 0. The first-order valence-corrected chi connectivity index (χ1v) is 6.11. The molecule has 2 aliphatic rings. The Balaban J connectivity index is 1.74. The van der Waals surface area contributed by atoms with Crippen molar-refractivity contribution in [1.82, 2.24) is 14.7 Å². The van der Waals surface area contributed by atoms with E-state index in [1.54, 1.807) is 0 Å². The number of hydrogen-bond donors (Lipinski definition) is 0. The molecule has 0 bridgehead atoms. The zero-order valence-electron chi connectivity index (χ0n) is 8.45. The number of likely N-dealkylation sites (N-methyl/N-ethyl adjacent to an activating group) is 1. The Hall–Kier alpha value is 0.120. The van der Waals surface area contributed by atoms with Gasteiger partial charge >= 0.3 is 0 Å². The van der Waals surface area contributed by atoms with Crippen LogP contribution in [-0.4, -0.2) is 71.0 Å². The van der Waals surface area contributed by atoms with Gasteiger partial charge in [0.05, 0.1) is 0 Å². The SMILES string of the molecule is CN1CCN(C2CN(C(=O)I)C2)CC1. The fourth-order valence-corrected chi connectivity index (χ4v) is 2.41. The van der Waals surface area contributed by atoms with Gasteiger partial charge in [-0.2, -0.15) is 0 Å². The third-order valence-corrected chi connectivity index (χ3v) is 3.85. The second-order valence-corrected chi connectivity index (χ2v) is 5.07. The van der Waals surface area contributed by atoms with Crippen LogP contribution in [0.5, 0.6) is 0 Å². The number of nitrogens with zero attached hydrogens (tertiary/aromatic N) is 3. The van der Waals surface area contributed by atoms with Crippen molar-refractivity contribution in [2.45, 2.75) is 6.04 Å². The Kier molecular flexibility index (Phi) is 3.28. The summed E-state index contributed by atoms with van der Waals surface area (Å²) in [5.41, 5.74) is 0. The molecular formula is C9H16IN3O. The van der Waals surface area contributed by atoms with Gasteiger partial charge in [-0.3, -0.25) is 9.69 Å². The van der Waals surface area contributed by atoms with Crippen molar-refractivity contribution in [3.05, 3.63) is 0 Å². The van der Waals surface area contributed by atoms with Crippen LogP contribution in [0.25, 0.3) is 0 Å². The van der Waals surface area contributed by atoms with Crippen molar-refractivity contribution in [3.8, 4) is 0 Å². The lowest BCUT2D eigenvalue weighted by molar-refractivity contribution is 0.0354. The Morgan fingerprint density at radius 3 is 2.29 bits per heavy atom. The molecule has 1 amide bonds. The van der Waals surface area contributed by atoms with Gasteiger partial charge < -0.3 is 9.80 Å². The van der Waals surface area contributed by atoms with Gasteiger partial charge in [-0.05, 0) is 7.05 Å². The molecule has 0 N–H and O–H groups in total. The minimum absolute atomic E-state index is 0.188. The first-order valence-electron chi connectivity index (χ1n) is 5.04. The lowest BCUT2D eigenvalue weighted by atomic mass is 10.1. The molecule has 2 heterocycles. The molecule has 0 unspecified atom stereocenters. The molecule has 5 heteroatoms. The lowest BCUT2D eigenvalue weighted by Crippen LogP contribution is -2.63. The second-order valence-electron chi connectivity index (χ2n) is 4.15. The summed E-state index contributed by atoms with van der Waals surface area (Å²) < 4.78 is 0.188. The first kappa shape index (κ1) is 10.6. The van der Waals surface area contributed by atoms with Gasteiger partial charge in [0.25, 0.3) is 3.91 Å². The Morgan fingerprint density at radius 2 is 1.79 bits per heavy atom. The van der Waals surface area contributed by atoms with Crippen molar-refractivity contribution in [1.29, 1.82) is 0 Å². The molecular weight excluding hydrogens is 293 g/mol. The van der Waals surface area contributed by atoms with E-state index in [0.29, 0.717) is 6.04 Å². The second kappa shape index (κ2) is 4.32. The normalized spacial score (nSPS) is 26.3. The van der Waals surface area contributed by atoms with Crippen LogP contribution in [0.1, 0.15) is 0 Å². The molecule has 0 aromatic heterocycles. The van der Waals surface area contributed by atoms with Crippen LogP contribution in [-0.2, 0) is 0 Å². The number of amides is 1. The number of halogens is 1. The quantitative estimate of drug-likeness (QED) is 0.400. The molecule has 0 aromatic carbocycles. The van der Waals surface area contributed by atoms with Crippen LogP contribution in [0.3, 0.4) is 0 Å². The summed E-state index contributed by atoms with van der Waals surface area (Å²) >= 11 is 1.86. The van der Waals surface area contributed by atoms with Crippen LogP contribution in [0, 0.1) is 0 Å². The molecule has 2 saturated heterocycles. The maximum atomic E-state index is 11.0. The van der Waals surface area contributed by atoms with Gasteiger partial charge in [0.2, 0.25) is 0 Å². The molecule has 0 spiro atoms. The van der Waals surface area contributed by atoms with E-state index >= 15 is 0 Å². The van der Waals surface area contributed by atoms with E-state index in [1.165, 1.54) is 0 Å². The van der Waals surface area contributed by atoms with Crippen molar-refractivity contribution in [2.24, 2.45) is 0 Å². The van der Waals surface area contributed by atoms with Gasteiger partial charge in [-0.25, -0.2) is 0 Å². The van der Waals surface area contributed by atoms with E-state index in [2.05, 4.69) is 16.8 Å². The largest absolute Gasteiger partial charge is 0.331 e. The van der Waals surface area contributed by atoms with Crippen LogP contribution in [0.2, 0.25) is 0 Å².